The minimum absolute atomic E-state index is 0.193. The number of hydrogen-bond donors (Lipinski definition) is 2. The van der Waals surface area contributed by atoms with Crippen molar-refractivity contribution in [3.63, 3.8) is 0 Å². The van der Waals surface area contributed by atoms with Gasteiger partial charge in [-0.3, -0.25) is 4.98 Å². The number of fused-ring (bicyclic) bond motifs is 3. The van der Waals surface area contributed by atoms with Gasteiger partial charge in [-0.05, 0) is 24.5 Å². The summed E-state index contributed by atoms with van der Waals surface area (Å²) in [5.41, 5.74) is 3.27. The molecule has 1 atom stereocenters. The lowest BCUT2D eigenvalue weighted by atomic mass is 10.0. The molecule has 0 aliphatic heterocycles. The third-order valence-corrected chi connectivity index (χ3v) is 3.36. The molecule has 3 heteroatoms. The topological polar surface area (TPSA) is 48.9 Å². The van der Waals surface area contributed by atoms with Crippen molar-refractivity contribution in [2.45, 2.75) is 13.3 Å². The molecule has 0 saturated heterocycles. The molecule has 2 heterocycles. The van der Waals surface area contributed by atoms with E-state index in [0.717, 1.165) is 23.1 Å². The maximum absolute atomic E-state index is 9.17. The first-order valence-corrected chi connectivity index (χ1v) is 6.24. The zero-order chi connectivity index (χ0) is 12.5. The highest BCUT2D eigenvalue weighted by molar-refractivity contribution is 6.07. The molecule has 3 aromatic rings. The van der Waals surface area contributed by atoms with Gasteiger partial charge in [0.1, 0.15) is 0 Å². The van der Waals surface area contributed by atoms with Crippen molar-refractivity contribution in [1.29, 1.82) is 0 Å². The Morgan fingerprint density at radius 3 is 2.89 bits per heavy atom. The summed E-state index contributed by atoms with van der Waals surface area (Å²) in [5.74, 6) is 0.231. The van der Waals surface area contributed by atoms with E-state index in [1.54, 1.807) is 0 Å². The number of aliphatic hydroxyl groups is 1. The summed E-state index contributed by atoms with van der Waals surface area (Å²) in [7, 11) is 0. The number of hydrogen-bond acceptors (Lipinski definition) is 2. The van der Waals surface area contributed by atoms with Crippen molar-refractivity contribution in [3.05, 3.63) is 42.2 Å². The normalized spacial score (nSPS) is 13.2. The minimum Gasteiger partial charge on any atom is -0.396 e. The minimum atomic E-state index is 0.193. The lowest BCUT2D eigenvalue weighted by Crippen LogP contribution is -2.06. The third-order valence-electron chi connectivity index (χ3n) is 3.36. The van der Waals surface area contributed by atoms with Crippen molar-refractivity contribution in [1.82, 2.24) is 9.97 Å². The molecule has 3 nitrogen and oxygen atoms in total. The number of H-pyrrole nitrogens is 1. The van der Waals surface area contributed by atoms with Crippen molar-refractivity contribution in [2.24, 2.45) is 5.92 Å². The quantitative estimate of drug-likeness (QED) is 0.739. The molecule has 1 aromatic carbocycles. The van der Waals surface area contributed by atoms with Crippen LogP contribution in [0.2, 0.25) is 0 Å². The first-order valence-electron chi connectivity index (χ1n) is 6.24. The molecule has 92 valence electrons. The Labute approximate surface area is 105 Å². The van der Waals surface area contributed by atoms with Crippen LogP contribution in [0.4, 0.5) is 0 Å². The molecule has 18 heavy (non-hydrogen) atoms. The Kier molecular flexibility index (Phi) is 2.76. The number of benzene rings is 1. The largest absolute Gasteiger partial charge is 0.396 e. The molecule has 0 spiro atoms. The summed E-state index contributed by atoms with van der Waals surface area (Å²) < 4.78 is 0. The van der Waals surface area contributed by atoms with Gasteiger partial charge in [0.25, 0.3) is 0 Å². The lowest BCUT2D eigenvalue weighted by Gasteiger charge is -2.07. The van der Waals surface area contributed by atoms with Crippen LogP contribution < -0.4 is 0 Å². The molecular weight excluding hydrogens is 224 g/mol. The van der Waals surface area contributed by atoms with E-state index in [0.29, 0.717) is 0 Å². The fourth-order valence-corrected chi connectivity index (χ4v) is 2.38. The Morgan fingerprint density at radius 2 is 2.06 bits per heavy atom. The van der Waals surface area contributed by atoms with Gasteiger partial charge in [0, 0.05) is 29.1 Å². The highest BCUT2D eigenvalue weighted by atomic mass is 16.3. The first kappa shape index (κ1) is 11.2. The smallest absolute Gasteiger partial charge is 0.0684 e. The van der Waals surface area contributed by atoms with E-state index in [4.69, 9.17) is 5.11 Å². The number of nitrogens with zero attached hydrogens (tertiary/aromatic N) is 1. The summed E-state index contributed by atoms with van der Waals surface area (Å²) in [6, 6.07) is 10.3. The summed E-state index contributed by atoms with van der Waals surface area (Å²) in [4.78, 5) is 7.88. The molecular formula is C15H16N2O. The van der Waals surface area contributed by atoms with Crippen LogP contribution in [0.1, 0.15) is 12.6 Å². The van der Waals surface area contributed by atoms with Gasteiger partial charge in [-0.15, -0.1) is 0 Å². The highest BCUT2D eigenvalue weighted by Crippen LogP contribution is 2.27. The second-order valence-corrected chi connectivity index (χ2v) is 4.84. The lowest BCUT2D eigenvalue weighted by molar-refractivity contribution is 0.236. The summed E-state index contributed by atoms with van der Waals surface area (Å²) in [6.45, 7) is 2.22. The van der Waals surface area contributed by atoms with E-state index >= 15 is 0 Å². The van der Waals surface area contributed by atoms with Gasteiger partial charge in [-0.2, -0.15) is 0 Å². The van der Waals surface area contributed by atoms with E-state index in [9.17, 15) is 0 Å². The SMILES string of the molecule is CC(CO)Cc1nccc2c1[nH]c1ccccc12. The Morgan fingerprint density at radius 1 is 1.22 bits per heavy atom. The number of aliphatic hydroxyl groups excluding tert-OH is 1. The van der Waals surface area contributed by atoms with Crippen molar-refractivity contribution >= 4 is 21.8 Å². The Bertz CT molecular complexity index is 687. The zero-order valence-corrected chi connectivity index (χ0v) is 10.4. The van der Waals surface area contributed by atoms with Crippen LogP contribution in [0.15, 0.2) is 36.5 Å². The monoisotopic (exact) mass is 240 g/mol. The van der Waals surface area contributed by atoms with Gasteiger partial charge in [0.2, 0.25) is 0 Å². The summed E-state index contributed by atoms with van der Waals surface area (Å²) in [5, 5.41) is 11.6. The maximum Gasteiger partial charge on any atom is 0.0684 e. The fourth-order valence-electron chi connectivity index (χ4n) is 2.38. The van der Waals surface area contributed by atoms with Gasteiger partial charge in [0.15, 0.2) is 0 Å². The second-order valence-electron chi connectivity index (χ2n) is 4.84. The first-order chi connectivity index (χ1) is 8.79. The van der Waals surface area contributed by atoms with Crippen LogP contribution in [-0.2, 0) is 6.42 Å². The molecule has 1 unspecified atom stereocenters. The molecule has 0 saturated carbocycles. The average molecular weight is 240 g/mol. The van der Waals surface area contributed by atoms with Gasteiger partial charge >= 0.3 is 0 Å². The summed E-state index contributed by atoms with van der Waals surface area (Å²) in [6.07, 6.45) is 2.64. The number of para-hydroxylation sites is 1. The standard InChI is InChI=1S/C15H16N2O/c1-10(9-18)8-14-15-12(6-7-16-14)11-4-2-3-5-13(11)17-15/h2-7,10,17-18H,8-9H2,1H3. The molecule has 2 N–H and O–H groups in total. The molecule has 2 aromatic heterocycles. The van der Waals surface area contributed by atoms with Gasteiger partial charge in [-0.1, -0.05) is 25.1 Å². The zero-order valence-electron chi connectivity index (χ0n) is 10.4. The number of aromatic amines is 1. The van der Waals surface area contributed by atoms with Crippen LogP contribution in [0.5, 0.6) is 0 Å². The molecule has 0 bridgehead atoms. The number of rotatable bonds is 3. The predicted molar refractivity (Wildman–Crippen MR) is 73.6 cm³/mol. The van der Waals surface area contributed by atoms with Crippen LogP contribution in [-0.4, -0.2) is 21.7 Å². The third kappa shape index (κ3) is 1.77. The summed E-state index contributed by atoms with van der Waals surface area (Å²) >= 11 is 0. The van der Waals surface area contributed by atoms with E-state index in [2.05, 4.69) is 22.1 Å². The predicted octanol–water partition coefficient (Wildman–Crippen LogP) is 2.89. The van der Waals surface area contributed by atoms with Crippen LogP contribution in [0.25, 0.3) is 21.8 Å². The van der Waals surface area contributed by atoms with Crippen molar-refractivity contribution in [2.75, 3.05) is 6.61 Å². The second kappa shape index (κ2) is 4.42. The van der Waals surface area contributed by atoms with Crippen molar-refractivity contribution < 1.29 is 5.11 Å². The van der Waals surface area contributed by atoms with Crippen LogP contribution in [0, 0.1) is 5.92 Å². The van der Waals surface area contributed by atoms with Crippen molar-refractivity contribution in [3.8, 4) is 0 Å². The van der Waals surface area contributed by atoms with Gasteiger partial charge in [-0.25, -0.2) is 0 Å². The maximum atomic E-state index is 9.17. The Hall–Kier alpha value is -1.87. The molecule has 0 aliphatic rings. The molecule has 0 aliphatic carbocycles. The molecule has 0 amide bonds. The van der Waals surface area contributed by atoms with E-state index < -0.39 is 0 Å². The number of aromatic nitrogens is 2. The molecule has 3 rings (SSSR count). The van der Waals surface area contributed by atoms with Gasteiger partial charge in [0.05, 0.1) is 11.2 Å². The van der Waals surface area contributed by atoms with Gasteiger partial charge < -0.3 is 10.1 Å². The Balaban J connectivity index is 2.21. The van der Waals surface area contributed by atoms with Crippen LogP contribution in [0.3, 0.4) is 0 Å². The van der Waals surface area contributed by atoms with E-state index in [1.807, 2.05) is 31.3 Å². The number of nitrogens with one attached hydrogen (secondary N) is 1. The fraction of sp³-hybridized carbons (Fsp3) is 0.267. The van der Waals surface area contributed by atoms with E-state index in [-0.39, 0.29) is 12.5 Å². The highest BCUT2D eigenvalue weighted by Gasteiger charge is 2.11. The van der Waals surface area contributed by atoms with E-state index in [1.165, 1.54) is 10.8 Å². The van der Waals surface area contributed by atoms with Crippen LogP contribution >= 0.6 is 0 Å². The number of pyridine rings is 1. The average Bonchev–Trinajstić information content (AvgIpc) is 2.78. The molecule has 0 fully saturated rings. The molecule has 0 radical (unpaired) electrons.